The second-order valence-corrected chi connectivity index (χ2v) is 7.90. The van der Waals surface area contributed by atoms with Crippen LogP contribution in [-0.2, 0) is 4.79 Å². The van der Waals surface area contributed by atoms with Crippen LogP contribution in [0.15, 0.2) is 28.8 Å². The number of likely N-dealkylation sites (tertiary alicyclic amines) is 1. The SMILES string of the molecule is Cc1cc(C(=O)N2CCC[C@](COc3ccc(Cl)c(C)c3)(CC(N)=O)C2)no1. The van der Waals surface area contributed by atoms with Crippen molar-refractivity contribution in [2.24, 2.45) is 11.1 Å². The fourth-order valence-corrected chi connectivity index (χ4v) is 3.75. The lowest BCUT2D eigenvalue weighted by atomic mass is 9.77. The number of piperidine rings is 1. The summed E-state index contributed by atoms with van der Waals surface area (Å²) in [6.07, 6.45) is 1.63. The number of halogens is 1. The number of benzene rings is 1. The number of primary amides is 1. The van der Waals surface area contributed by atoms with E-state index in [0.29, 0.717) is 29.6 Å². The van der Waals surface area contributed by atoms with Crippen LogP contribution < -0.4 is 10.5 Å². The second-order valence-electron chi connectivity index (χ2n) is 7.50. The number of amides is 2. The van der Waals surface area contributed by atoms with Gasteiger partial charge in [-0.25, -0.2) is 0 Å². The Bertz CT molecular complexity index is 882. The van der Waals surface area contributed by atoms with Crippen molar-refractivity contribution in [1.82, 2.24) is 10.1 Å². The molecule has 2 amide bonds. The number of carbonyl (C=O) groups excluding carboxylic acids is 2. The minimum absolute atomic E-state index is 0.140. The Morgan fingerprint density at radius 1 is 1.36 bits per heavy atom. The summed E-state index contributed by atoms with van der Waals surface area (Å²) in [5.74, 6) is 0.613. The highest BCUT2D eigenvalue weighted by Gasteiger charge is 2.40. The Labute approximate surface area is 168 Å². The molecule has 1 aromatic carbocycles. The summed E-state index contributed by atoms with van der Waals surface area (Å²) in [7, 11) is 0. The Kier molecular flexibility index (Phi) is 5.93. The molecule has 1 aromatic heterocycles. The average Bonchev–Trinajstić information content (AvgIpc) is 3.08. The smallest absolute Gasteiger partial charge is 0.276 e. The second kappa shape index (κ2) is 8.22. The fraction of sp³-hybridized carbons (Fsp3) is 0.450. The molecule has 150 valence electrons. The summed E-state index contributed by atoms with van der Waals surface area (Å²) in [4.78, 5) is 26.2. The van der Waals surface area contributed by atoms with Gasteiger partial charge in [0.05, 0.1) is 6.61 Å². The van der Waals surface area contributed by atoms with Gasteiger partial charge in [0.2, 0.25) is 5.91 Å². The molecule has 1 aliphatic heterocycles. The van der Waals surface area contributed by atoms with Gasteiger partial charge in [-0.1, -0.05) is 16.8 Å². The first kappa shape index (κ1) is 20.2. The third-order valence-electron chi connectivity index (χ3n) is 5.02. The van der Waals surface area contributed by atoms with Crippen molar-refractivity contribution in [3.63, 3.8) is 0 Å². The van der Waals surface area contributed by atoms with Crippen molar-refractivity contribution < 1.29 is 18.8 Å². The summed E-state index contributed by atoms with van der Waals surface area (Å²) in [5, 5.41) is 4.47. The van der Waals surface area contributed by atoms with E-state index in [1.54, 1.807) is 30.0 Å². The van der Waals surface area contributed by atoms with Crippen LogP contribution in [-0.4, -0.2) is 41.6 Å². The third-order valence-corrected chi connectivity index (χ3v) is 5.44. The van der Waals surface area contributed by atoms with Crippen LogP contribution in [0.4, 0.5) is 0 Å². The van der Waals surface area contributed by atoms with Gasteiger partial charge in [0.15, 0.2) is 5.69 Å². The molecule has 0 bridgehead atoms. The van der Waals surface area contributed by atoms with Crippen molar-refractivity contribution in [3.05, 3.63) is 46.3 Å². The van der Waals surface area contributed by atoms with Gasteiger partial charge in [-0.2, -0.15) is 0 Å². The zero-order valence-electron chi connectivity index (χ0n) is 16.0. The number of ether oxygens (including phenoxy) is 1. The van der Waals surface area contributed by atoms with E-state index in [-0.39, 0.29) is 24.6 Å². The molecule has 1 fully saturated rings. The number of hydrogen-bond donors (Lipinski definition) is 1. The molecule has 2 N–H and O–H groups in total. The van der Waals surface area contributed by atoms with Crippen LogP contribution in [0, 0.1) is 19.3 Å². The van der Waals surface area contributed by atoms with Crippen molar-refractivity contribution in [2.75, 3.05) is 19.7 Å². The highest BCUT2D eigenvalue weighted by atomic mass is 35.5. The predicted octanol–water partition coefficient (Wildman–Crippen LogP) is 3.12. The van der Waals surface area contributed by atoms with Gasteiger partial charge in [0, 0.05) is 36.0 Å². The molecule has 2 aromatic rings. The predicted molar refractivity (Wildman–Crippen MR) is 104 cm³/mol. The molecular weight excluding hydrogens is 382 g/mol. The molecule has 0 aliphatic carbocycles. The number of hydrogen-bond acceptors (Lipinski definition) is 5. The number of carbonyl (C=O) groups is 2. The van der Waals surface area contributed by atoms with Crippen molar-refractivity contribution in [3.8, 4) is 5.75 Å². The van der Waals surface area contributed by atoms with E-state index < -0.39 is 11.3 Å². The lowest BCUT2D eigenvalue weighted by molar-refractivity contribution is -0.122. The van der Waals surface area contributed by atoms with E-state index in [2.05, 4.69) is 5.16 Å². The van der Waals surface area contributed by atoms with Crippen LogP contribution in [0.3, 0.4) is 0 Å². The maximum Gasteiger partial charge on any atom is 0.276 e. The molecule has 8 heteroatoms. The van der Waals surface area contributed by atoms with Crippen molar-refractivity contribution >= 4 is 23.4 Å². The minimum Gasteiger partial charge on any atom is -0.493 e. The zero-order valence-corrected chi connectivity index (χ0v) is 16.8. The van der Waals surface area contributed by atoms with Crippen molar-refractivity contribution in [2.45, 2.75) is 33.1 Å². The summed E-state index contributed by atoms with van der Waals surface area (Å²) in [6, 6.07) is 7.03. The number of nitrogens with two attached hydrogens (primary N) is 1. The van der Waals surface area contributed by atoms with Gasteiger partial charge >= 0.3 is 0 Å². The van der Waals surface area contributed by atoms with Gasteiger partial charge in [-0.3, -0.25) is 9.59 Å². The standard InChI is InChI=1S/C20H24ClN3O4/c1-13-8-15(4-5-16(13)21)27-12-20(10-18(22)25)6-3-7-24(11-20)19(26)17-9-14(2)28-23-17/h4-5,8-9H,3,6-7,10-12H2,1-2H3,(H2,22,25)/t20-/m0/s1. The first-order valence-electron chi connectivity index (χ1n) is 9.18. The first-order chi connectivity index (χ1) is 13.3. The molecule has 0 unspecified atom stereocenters. The van der Waals surface area contributed by atoms with Gasteiger partial charge in [0.25, 0.3) is 5.91 Å². The Morgan fingerprint density at radius 2 is 2.14 bits per heavy atom. The molecule has 28 heavy (non-hydrogen) atoms. The van der Waals surface area contributed by atoms with E-state index in [1.165, 1.54) is 0 Å². The average molecular weight is 406 g/mol. The molecule has 0 radical (unpaired) electrons. The number of rotatable bonds is 6. The molecule has 0 saturated carbocycles. The molecule has 1 aliphatic rings. The lowest BCUT2D eigenvalue weighted by Gasteiger charge is -2.41. The van der Waals surface area contributed by atoms with Gasteiger partial charge in [-0.15, -0.1) is 0 Å². The van der Waals surface area contributed by atoms with Crippen LogP contribution in [0.2, 0.25) is 5.02 Å². The minimum atomic E-state index is -0.550. The molecule has 3 rings (SSSR count). The van der Waals surface area contributed by atoms with E-state index in [4.69, 9.17) is 26.6 Å². The molecular formula is C20H24ClN3O4. The zero-order chi connectivity index (χ0) is 20.3. The number of aryl methyl sites for hydroxylation is 2. The normalized spacial score (nSPS) is 19.5. The summed E-state index contributed by atoms with van der Waals surface area (Å²) >= 11 is 6.07. The highest BCUT2D eigenvalue weighted by Crippen LogP contribution is 2.35. The Balaban J connectivity index is 1.76. The van der Waals surface area contributed by atoms with Gasteiger partial charge in [-0.05, 0) is 50.5 Å². The van der Waals surface area contributed by atoms with Crippen LogP contribution >= 0.6 is 11.6 Å². The monoisotopic (exact) mass is 405 g/mol. The molecule has 2 heterocycles. The quantitative estimate of drug-likeness (QED) is 0.796. The fourth-order valence-electron chi connectivity index (χ4n) is 3.64. The summed E-state index contributed by atoms with van der Waals surface area (Å²) < 4.78 is 11.0. The highest BCUT2D eigenvalue weighted by molar-refractivity contribution is 6.31. The summed E-state index contributed by atoms with van der Waals surface area (Å²) in [5.41, 5.74) is 6.14. The maximum absolute atomic E-state index is 12.8. The van der Waals surface area contributed by atoms with Crippen molar-refractivity contribution in [1.29, 1.82) is 0 Å². The first-order valence-corrected chi connectivity index (χ1v) is 9.56. The summed E-state index contributed by atoms with van der Waals surface area (Å²) in [6.45, 7) is 4.87. The van der Waals surface area contributed by atoms with Gasteiger partial charge < -0.3 is 19.9 Å². The Hall–Kier alpha value is -2.54. The molecule has 0 spiro atoms. The van der Waals surface area contributed by atoms with E-state index in [9.17, 15) is 9.59 Å². The third kappa shape index (κ3) is 4.65. The van der Waals surface area contributed by atoms with Crippen LogP contribution in [0.5, 0.6) is 5.75 Å². The Morgan fingerprint density at radius 3 is 2.79 bits per heavy atom. The van der Waals surface area contributed by atoms with Gasteiger partial charge in [0.1, 0.15) is 11.5 Å². The number of nitrogens with zero attached hydrogens (tertiary/aromatic N) is 2. The largest absolute Gasteiger partial charge is 0.493 e. The topological polar surface area (TPSA) is 98.7 Å². The molecule has 7 nitrogen and oxygen atoms in total. The van der Waals surface area contributed by atoms with E-state index >= 15 is 0 Å². The molecule has 1 saturated heterocycles. The lowest BCUT2D eigenvalue weighted by Crippen LogP contribution is -2.50. The van der Waals surface area contributed by atoms with Crippen LogP contribution in [0.25, 0.3) is 0 Å². The number of aromatic nitrogens is 1. The van der Waals surface area contributed by atoms with E-state index in [0.717, 1.165) is 18.4 Å². The maximum atomic E-state index is 12.8. The van der Waals surface area contributed by atoms with Crippen LogP contribution in [0.1, 0.15) is 41.1 Å². The molecule has 1 atom stereocenters. The van der Waals surface area contributed by atoms with E-state index in [1.807, 2.05) is 13.0 Å².